The number of furan rings is 1. The van der Waals surface area contributed by atoms with Crippen LogP contribution >= 0.6 is 24.0 Å². The van der Waals surface area contributed by atoms with Crippen LogP contribution in [0.3, 0.4) is 0 Å². The number of benzene rings is 1. The standard InChI is InChI=1S/C11H10ClNO2.ClH/c12-9-3-1-2-4-10(9)15-11-6-5-8(7-13)14-11;/h1-6H,7,13H2;1H. The van der Waals surface area contributed by atoms with Crippen LogP contribution in [0.4, 0.5) is 0 Å². The van der Waals surface area contributed by atoms with Crippen molar-refractivity contribution in [2.75, 3.05) is 0 Å². The van der Waals surface area contributed by atoms with Crippen molar-refractivity contribution in [2.24, 2.45) is 5.73 Å². The average molecular weight is 260 g/mol. The Hall–Kier alpha value is -1.16. The lowest BCUT2D eigenvalue weighted by molar-refractivity contribution is 0.333. The van der Waals surface area contributed by atoms with Crippen LogP contribution < -0.4 is 10.5 Å². The van der Waals surface area contributed by atoms with Crippen molar-refractivity contribution in [3.8, 4) is 11.7 Å². The summed E-state index contributed by atoms with van der Waals surface area (Å²) in [4.78, 5) is 0. The molecule has 2 rings (SSSR count). The Balaban J connectivity index is 0.00000128. The van der Waals surface area contributed by atoms with Crippen molar-refractivity contribution >= 4 is 24.0 Å². The summed E-state index contributed by atoms with van der Waals surface area (Å²) < 4.78 is 10.7. The van der Waals surface area contributed by atoms with Gasteiger partial charge in [0.05, 0.1) is 11.6 Å². The van der Waals surface area contributed by atoms with Gasteiger partial charge < -0.3 is 14.9 Å². The number of hydrogen-bond donors (Lipinski definition) is 1. The first-order valence-electron chi connectivity index (χ1n) is 4.51. The van der Waals surface area contributed by atoms with Gasteiger partial charge in [-0.15, -0.1) is 12.4 Å². The third-order valence-electron chi connectivity index (χ3n) is 1.89. The van der Waals surface area contributed by atoms with E-state index in [1.165, 1.54) is 0 Å². The molecule has 0 atom stereocenters. The molecule has 0 amide bonds. The maximum Gasteiger partial charge on any atom is 0.290 e. The first kappa shape index (κ1) is 12.9. The van der Waals surface area contributed by atoms with Gasteiger partial charge in [0, 0.05) is 6.07 Å². The highest BCUT2D eigenvalue weighted by Crippen LogP contribution is 2.29. The van der Waals surface area contributed by atoms with E-state index in [2.05, 4.69) is 0 Å². The monoisotopic (exact) mass is 259 g/mol. The normalized spacial score (nSPS) is 9.62. The minimum absolute atomic E-state index is 0. The molecular formula is C11H11Cl2NO2. The quantitative estimate of drug-likeness (QED) is 0.917. The molecule has 0 saturated carbocycles. The third-order valence-corrected chi connectivity index (χ3v) is 2.20. The van der Waals surface area contributed by atoms with E-state index in [4.69, 9.17) is 26.5 Å². The third kappa shape index (κ3) is 2.92. The van der Waals surface area contributed by atoms with E-state index in [9.17, 15) is 0 Å². The fourth-order valence-electron chi connectivity index (χ4n) is 1.16. The van der Waals surface area contributed by atoms with Crippen LogP contribution in [0.15, 0.2) is 40.8 Å². The van der Waals surface area contributed by atoms with E-state index < -0.39 is 0 Å². The fraction of sp³-hybridized carbons (Fsp3) is 0.0909. The molecule has 86 valence electrons. The van der Waals surface area contributed by atoms with Crippen LogP contribution in [-0.4, -0.2) is 0 Å². The van der Waals surface area contributed by atoms with Crippen molar-refractivity contribution in [2.45, 2.75) is 6.54 Å². The summed E-state index contributed by atoms with van der Waals surface area (Å²) in [6.45, 7) is 0.353. The second-order valence-electron chi connectivity index (χ2n) is 2.96. The van der Waals surface area contributed by atoms with E-state index in [1.54, 1.807) is 24.3 Å². The van der Waals surface area contributed by atoms with Crippen LogP contribution in [0.2, 0.25) is 5.02 Å². The molecule has 1 aromatic carbocycles. The Labute approximate surface area is 105 Å². The number of nitrogens with two attached hydrogens (primary N) is 1. The van der Waals surface area contributed by atoms with E-state index in [-0.39, 0.29) is 12.4 Å². The van der Waals surface area contributed by atoms with Gasteiger partial charge in [0.2, 0.25) is 0 Å². The van der Waals surface area contributed by atoms with Gasteiger partial charge in [-0.3, -0.25) is 0 Å². The molecule has 0 radical (unpaired) electrons. The summed E-state index contributed by atoms with van der Waals surface area (Å²) in [6.07, 6.45) is 0. The highest BCUT2D eigenvalue weighted by atomic mass is 35.5. The summed E-state index contributed by atoms with van der Waals surface area (Å²) in [5, 5.41) is 0.545. The fourth-order valence-corrected chi connectivity index (χ4v) is 1.33. The van der Waals surface area contributed by atoms with Gasteiger partial charge in [-0.25, -0.2) is 0 Å². The minimum atomic E-state index is 0. The summed E-state index contributed by atoms with van der Waals surface area (Å²) in [5.41, 5.74) is 5.41. The molecule has 0 aliphatic rings. The molecule has 0 bridgehead atoms. The van der Waals surface area contributed by atoms with Crippen molar-refractivity contribution in [3.63, 3.8) is 0 Å². The molecule has 3 nitrogen and oxygen atoms in total. The molecule has 0 unspecified atom stereocenters. The minimum Gasteiger partial charge on any atom is -0.429 e. The predicted octanol–water partition coefficient (Wildman–Crippen LogP) is 3.61. The maximum atomic E-state index is 5.92. The number of halogens is 2. The SMILES string of the molecule is Cl.NCc1ccc(Oc2ccccc2Cl)o1. The summed E-state index contributed by atoms with van der Waals surface area (Å²) in [5.74, 6) is 1.64. The van der Waals surface area contributed by atoms with Crippen molar-refractivity contribution in [1.82, 2.24) is 0 Å². The van der Waals surface area contributed by atoms with E-state index >= 15 is 0 Å². The summed E-state index contributed by atoms with van der Waals surface area (Å²) in [6, 6.07) is 10.7. The number of para-hydroxylation sites is 1. The first-order chi connectivity index (χ1) is 7.29. The Kier molecular flexibility index (Phi) is 4.68. The largest absolute Gasteiger partial charge is 0.429 e. The molecule has 0 aliphatic carbocycles. The zero-order valence-electron chi connectivity index (χ0n) is 8.35. The maximum absolute atomic E-state index is 5.92. The van der Waals surface area contributed by atoms with Gasteiger partial charge in [0.15, 0.2) is 0 Å². The molecule has 5 heteroatoms. The topological polar surface area (TPSA) is 48.4 Å². The van der Waals surface area contributed by atoms with Crippen molar-refractivity contribution < 1.29 is 9.15 Å². The molecule has 16 heavy (non-hydrogen) atoms. The smallest absolute Gasteiger partial charge is 0.290 e. The Morgan fingerprint density at radius 2 is 1.94 bits per heavy atom. The summed E-state index contributed by atoms with van der Waals surface area (Å²) in [7, 11) is 0. The molecule has 0 aliphatic heterocycles. The van der Waals surface area contributed by atoms with Gasteiger partial charge >= 0.3 is 0 Å². The molecule has 1 aromatic heterocycles. The molecule has 0 spiro atoms. The molecule has 2 N–H and O–H groups in total. The van der Waals surface area contributed by atoms with Gasteiger partial charge in [-0.1, -0.05) is 23.7 Å². The van der Waals surface area contributed by atoms with Crippen molar-refractivity contribution in [1.29, 1.82) is 0 Å². The Morgan fingerprint density at radius 3 is 2.56 bits per heavy atom. The molecule has 0 fully saturated rings. The van der Waals surface area contributed by atoms with Gasteiger partial charge in [0.1, 0.15) is 11.5 Å². The van der Waals surface area contributed by atoms with Crippen LogP contribution in [0.25, 0.3) is 0 Å². The molecule has 1 heterocycles. The number of ether oxygens (including phenoxy) is 1. The zero-order valence-corrected chi connectivity index (χ0v) is 9.92. The summed E-state index contributed by atoms with van der Waals surface area (Å²) >= 11 is 5.92. The lowest BCUT2D eigenvalue weighted by Crippen LogP contribution is -1.92. The van der Waals surface area contributed by atoms with Crippen LogP contribution in [-0.2, 0) is 6.54 Å². The van der Waals surface area contributed by atoms with E-state index in [1.807, 2.05) is 12.1 Å². The zero-order chi connectivity index (χ0) is 10.7. The lowest BCUT2D eigenvalue weighted by Gasteiger charge is -2.03. The highest BCUT2D eigenvalue weighted by Gasteiger charge is 2.05. The van der Waals surface area contributed by atoms with E-state index in [0.29, 0.717) is 29.0 Å². The molecule has 2 aromatic rings. The number of hydrogen-bond acceptors (Lipinski definition) is 3. The second-order valence-corrected chi connectivity index (χ2v) is 3.36. The lowest BCUT2D eigenvalue weighted by atomic mass is 10.3. The van der Waals surface area contributed by atoms with Crippen LogP contribution in [0.1, 0.15) is 5.76 Å². The van der Waals surface area contributed by atoms with Gasteiger partial charge in [-0.2, -0.15) is 0 Å². The van der Waals surface area contributed by atoms with Crippen molar-refractivity contribution in [3.05, 3.63) is 47.2 Å². The Morgan fingerprint density at radius 1 is 1.19 bits per heavy atom. The van der Waals surface area contributed by atoms with Gasteiger partial charge in [-0.05, 0) is 18.2 Å². The van der Waals surface area contributed by atoms with Crippen LogP contribution in [0.5, 0.6) is 11.7 Å². The predicted molar refractivity (Wildman–Crippen MR) is 65.4 cm³/mol. The first-order valence-corrected chi connectivity index (χ1v) is 4.88. The second kappa shape index (κ2) is 5.80. The van der Waals surface area contributed by atoms with Crippen LogP contribution in [0, 0.1) is 0 Å². The molecule has 0 saturated heterocycles. The highest BCUT2D eigenvalue weighted by molar-refractivity contribution is 6.32. The van der Waals surface area contributed by atoms with Gasteiger partial charge in [0.25, 0.3) is 5.95 Å². The average Bonchev–Trinajstić information content (AvgIpc) is 2.69. The molecular weight excluding hydrogens is 249 g/mol. The number of rotatable bonds is 3. The Bertz CT molecular complexity index is 457. The van der Waals surface area contributed by atoms with E-state index in [0.717, 1.165) is 0 Å².